The number of rotatable bonds is 4. The molecule has 1 aromatic rings. The molecule has 0 saturated carbocycles. The van der Waals surface area contributed by atoms with E-state index in [1.54, 1.807) is 11.9 Å². The van der Waals surface area contributed by atoms with E-state index in [1.165, 1.54) is 6.07 Å². The van der Waals surface area contributed by atoms with Crippen LogP contribution < -0.4 is 5.56 Å². The zero-order valence-corrected chi connectivity index (χ0v) is 8.46. The highest BCUT2D eigenvalue weighted by molar-refractivity contribution is 5.91. The highest BCUT2D eigenvalue weighted by Gasteiger charge is 2.12. The van der Waals surface area contributed by atoms with Crippen molar-refractivity contribution in [1.82, 2.24) is 15.1 Å². The molecular formula is C9H15N3O2. The van der Waals surface area contributed by atoms with Crippen molar-refractivity contribution in [3.8, 4) is 0 Å². The van der Waals surface area contributed by atoms with Crippen LogP contribution in [0.5, 0.6) is 0 Å². The Kier molecular flexibility index (Phi) is 3.50. The van der Waals surface area contributed by atoms with Gasteiger partial charge in [-0.25, -0.2) is 0 Å². The van der Waals surface area contributed by atoms with Gasteiger partial charge in [0.05, 0.1) is 0 Å². The number of carbonyl (C=O) groups excluding carboxylic acids is 1. The maximum absolute atomic E-state index is 11.6. The molecule has 0 fully saturated rings. The van der Waals surface area contributed by atoms with E-state index in [-0.39, 0.29) is 11.5 Å². The molecule has 1 heterocycles. The molecule has 0 saturated heterocycles. The number of H-pyrrole nitrogens is 2. The minimum absolute atomic E-state index is 0.156. The number of hydrogen-bond donors (Lipinski definition) is 2. The number of carbonyl (C=O) groups is 1. The van der Waals surface area contributed by atoms with Gasteiger partial charge >= 0.3 is 0 Å². The fourth-order valence-corrected chi connectivity index (χ4v) is 1.15. The summed E-state index contributed by atoms with van der Waals surface area (Å²) >= 11 is 0. The number of aromatic nitrogens is 2. The summed E-state index contributed by atoms with van der Waals surface area (Å²) in [6.07, 6.45) is 2.01. The number of unbranched alkanes of at least 4 members (excludes halogenated alkanes) is 1. The third-order valence-corrected chi connectivity index (χ3v) is 2.02. The van der Waals surface area contributed by atoms with E-state index < -0.39 is 0 Å². The summed E-state index contributed by atoms with van der Waals surface area (Å²) in [7, 11) is 1.73. The van der Waals surface area contributed by atoms with Crippen molar-refractivity contribution in [2.24, 2.45) is 0 Å². The molecule has 0 radical (unpaired) electrons. The van der Waals surface area contributed by atoms with Crippen LogP contribution in [-0.2, 0) is 0 Å². The van der Waals surface area contributed by atoms with Crippen LogP contribution in [0.25, 0.3) is 0 Å². The van der Waals surface area contributed by atoms with Gasteiger partial charge in [0.1, 0.15) is 5.69 Å². The average Bonchev–Trinajstić information content (AvgIpc) is 2.60. The quantitative estimate of drug-likeness (QED) is 0.741. The van der Waals surface area contributed by atoms with E-state index in [4.69, 9.17) is 0 Å². The van der Waals surface area contributed by atoms with Crippen LogP contribution in [0.3, 0.4) is 0 Å². The highest BCUT2D eigenvalue weighted by atomic mass is 16.2. The Hall–Kier alpha value is -1.52. The molecule has 0 unspecified atom stereocenters. The molecule has 1 aromatic heterocycles. The van der Waals surface area contributed by atoms with E-state index in [9.17, 15) is 9.59 Å². The lowest BCUT2D eigenvalue weighted by Gasteiger charge is -2.14. The lowest BCUT2D eigenvalue weighted by Crippen LogP contribution is -2.28. The normalized spacial score (nSPS) is 10.1. The first-order valence-electron chi connectivity index (χ1n) is 4.68. The lowest BCUT2D eigenvalue weighted by molar-refractivity contribution is 0.0787. The summed E-state index contributed by atoms with van der Waals surface area (Å²) < 4.78 is 0. The summed E-state index contributed by atoms with van der Waals surface area (Å²) in [5.74, 6) is -0.156. The predicted molar refractivity (Wildman–Crippen MR) is 53.3 cm³/mol. The fourth-order valence-electron chi connectivity index (χ4n) is 1.15. The van der Waals surface area contributed by atoms with Crippen LogP contribution in [-0.4, -0.2) is 34.6 Å². The number of amides is 1. The first-order chi connectivity index (χ1) is 6.65. The summed E-state index contributed by atoms with van der Waals surface area (Å²) in [4.78, 5) is 24.0. The Morgan fingerprint density at radius 3 is 2.71 bits per heavy atom. The van der Waals surface area contributed by atoms with Gasteiger partial charge in [-0.2, -0.15) is 0 Å². The van der Waals surface area contributed by atoms with Gasteiger partial charge in [-0.3, -0.25) is 19.8 Å². The Morgan fingerprint density at radius 1 is 1.50 bits per heavy atom. The maximum Gasteiger partial charge on any atom is 0.271 e. The molecule has 5 nitrogen and oxygen atoms in total. The van der Waals surface area contributed by atoms with Crippen LogP contribution in [0.15, 0.2) is 10.9 Å². The standard InChI is InChI=1S/C9H15N3O2/c1-3-4-5-12(2)9(14)7-6-8(13)11-10-7/h6H,3-5H2,1-2H3,(H2,10,11,13). The molecule has 0 aliphatic rings. The van der Waals surface area contributed by atoms with E-state index >= 15 is 0 Å². The fraction of sp³-hybridized carbons (Fsp3) is 0.556. The number of nitrogens with zero attached hydrogens (tertiary/aromatic N) is 1. The van der Waals surface area contributed by atoms with E-state index in [0.29, 0.717) is 12.2 Å². The molecule has 1 amide bonds. The molecule has 0 bridgehead atoms. The van der Waals surface area contributed by atoms with E-state index in [1.807, 2.05) is 0 Å². The SMILES string of the molecule is CCCCN(C)C(=O)c1cc(=O)[nH][nH]1. The van der Waals surface area contributed by atoms with Gasteiger partial charge < -0.3 is 4.90 Å². The smallest absolute Gasteiger partial charge is 0.271 e. The Morgan fingerprint density at radius 2 is 2.21 bits per heavy atom. The van der Waals surface area contributed by atoms with Crippen molar-refractivity contribution >= 4 is 5.91 Å². The van der Waals surface area contributed by atoms with Crippen LogP contribution in [0.1, 0.15) is 30.3 Å². The van der Waals surface area contributed by atoms with Crippen molar-refractivity contribution in [3.63, 3.8) is 0 Å². The lowest BCUT2D eigenvalue weighted by atomic mass is 10.3. The van der Waals surface area contributed by atoms with Crippen molar-refractivity contribution in [1.29, 1.82) is 0 Å². The zero-order chi connectivity index (χ0) is 10.6. The monoisotopic (exact) mass is 197 g/mol. The first kappa shape index (κ1) is 10.6. The van der Waals surface area contributed by atoms with Crippen molar-refractivity contribution in [2.45, 2.75) is 19.8 Å². The molecule has 0 atom stereocenters. The minimum Gasteiger partial charge on any atom is -0.340 e. The van der Waals surface area contributed by atoms with Gasteiger partial charge in [-0.1, -0.05) is 13.3 Å². The summed E-state index contributed by atoms with van der Waals surface area (Å²) in [5, 5.41) is 4.87. The Bertz CT molecular complexity index is 353. The van der Waals surface area contributed by atoms with Gasteiger partial charge in [-0.05, 0) is 6.42 Å². The summed E-state index contributed by atoms with van der Waals surface area (Å²) in [6.45, 7) is 2.78. The van der Waals surface area contributed by atoms with Crippen LogP contribution in [0, 0.1) is 0 Å². The Labute approximate surface area is 82.1 Å². The molecule has 0 spiro atoms. The summed E-state index contributed by atoms with van der Waals surface area (Å²) in [5.41, 5.74) is 0.0332. The van der Waals surface area contributed by atoms with Crippen LogP contribution in [0.4, 0.5) is 0 Å². The molecule has 0 aliphatic heterocycles. The first-order valence-corrected chi connectivity index (χ1v) is 4.68. The number of hydrogen-bond acceptors (Lipinski definition) is 2. The van der Waals surface area contributed by atoms with Gasteiger partial charge in [0.15, 0.2) is 0 Å². The zero-order valence-electron chi connectivity index (χ0n) is 8.46. The topological polar surface area (TPSA) is 69.0 Å². The van der Waals surface area contributed by atoms with Crippen LogP contribution >= 0.6 is 0 Å². The van der Waals surface area contributed by atoms with Gasteiger partial charge in [0, 0.05) is 19.7 Å². The largest absolute Gasteiger partial charge is 0.340 e. The third kappa shape index (κ3) is 2.48. The van der Waals surface area contributed by atoms with Gasteiger partial charge in [0.25, 0.3) is 11.5 Å². The molecule has 78 valence electrons. The maximum atomic E-state index is 11.6. The highest BCUT2D eigenvalue weighted by Crippen LogP contribution is 1.98. The molecule has 2 N–H and O–H groups in total. The third-order valence-electron chi connectivity index (χ3n) is 2.02. The average molecular weight is 197 g/mol. The minimum atomic E-state index is -0.280. The van der Waals surface area contributed by atoms with Crippen molar-refractivity contribution < 1.29 is 4.79 Å². The van der Waals surface area contributed by atoms with E-state index in [2.05, 4.69) is 17.1 Å². The van der Waals surface area contributed by atoms with E-state index in [0.717, 1.165) is 12.8 Å². The molecule has 1 rings (SSSR count). The molecule has 0 aliphatic carbocycles. The number of nitrogens with one attached hydrogen (secondary N) is 2. The molecule has 5 heteroatoms. The second kappa shape index (κ2) is 4.64. The Balaban J connectivity index is 2.61. The molecule has 14 heavy (non-hydrogen) atoms. The number of aromatic amines is 2. The van der Waals surface area contributed by atoms with Crippen molar-refractivity contribution in [2.75, 3.05) is 13.6 Å². The molecular weight excluding hydrogens is 182 g/mol. The van der Waals surface area contributed by atoms with Gasteiger partial charge in [-0.15, -0.1) is 0 Å². The molecule has 0 aromatic carbocycles. The summed E-state index contributed by atoms with van der Waals surface area (Å²) in [6, 6.07) is 1.27. The second-order valence-electron chi connectivity index (χ2n) is 3.25. The van der Waals surface area contributed by atoms with Crippen molar-refractivity contribution in [3.05, 3.63) is 22.1 Å². The predicted octanol–water partition coefficient (Wildman–Crippen LogP) is 0.575. The second-order valence-corrected chi connectivity index (χ2v) is 3.25. The van der Waals surface area contributed by atoms with Gasteiger partial charge in [0.2, 0.25) is 0 Å². The van der Waals surface area contributed by atoms with Crippen LogP contribution in [0.2, 0.25) is 0 Å².